The van der Waals surface area contributed by atoms with Crippen molar-refractivity contribution < 1.29 is 31.1 Å². The number of fused-ring (bicyclic) bond motifs is 1. The zero-order chi connectivity index (χ0) is 27.1. The molecule has 1 amide bonds. The van der Waals surface area contributed by atoms with Crippen LogP contribution in [0.5, 0.6) is 0 Å². The summed E-state index contributed by atoms with van der Waals surface area (Å²) >= 11 is 0. The Morgan fingerprint density at radius 1 is 0.842 bits per heavy atom. The van der Waals surface area contributed by atoms with Crippen LogP contribution in [0.2, 0.25) is 0 Å². The third-order valence-electron chi connectivity index (χ3n) is 6.83. The third-order valence-corrected chi connectivity index (χ3v) is 6.83. The Kier molecular flexibility index (Phi) is 6.71. The monoisotopic (exact) mass is 530 g/mol. The van der Waals surface area contributed by atoms with Crippen LogP contribution >= 0.6 is 0 Å². The number of nitrogens with zero attached hydrogens (tertiary/aromatic N) is 1. The van der Waals surface area contributed by atoms with Crippen LogP contribution in [0.25, 0.3) is 10.9 Å². The summed E-state index contributed by atoms with van der Waals surface area (Å²) < 4.78 is 80.4. The summed E-state index contributed by atoms with van der Waals surface area (Å²) in [6.45, 7) is 0.115. The van der Waals surface area contributed by atoms with Crippen molar-refractivity contribution >= 4 is 16.8 Å². The lowest BCUT2D eigenvalue weighted by atomic mass is 10.0. The molecular weight excluding hydrogens is 506 g/mol. The van der Waals surface area contributed by atoms with Crippen LogP contribution in [0.1, 0.15) is 56.9 Å². The molecule has 0 bridgehead atoms. The number of halogens is 6. The molecule has 9 heteroatoms. The molecule has 1 saturated carbocycles. The Morgan fingerprint density at radius 3 is 2.21 bits per heavy atom. The number of nitrogens with one attached hydrogen (secondary N) is 1. The van der Waals surface area contributed by atoms with E-state index in [1.807, 2.05) is 24.3 Å². The standard InChI is InChI=1S/C29H24F6N2O/c30-28(31,32)23-3-1-2-18(14-23)11-13-37(17-19-4-6-20(7-5-19)21-8-9-21)27(38)25-16-24(29(33,34)35)15-22-10-12-36-26(22)25/h1-7,10,12,14-16,21,36H,8-9,11,13,17H2. The molecule has 0 atom stereocenters. The molecule has 0 radical (unpaired) electrons. The van der Waals surface area contributed by atoms with E-state index in [4.69, 9.17) is 0 Å². The fraction of sp³-hybridized carbons (Fsp3) is 0.276. The van der Waals surface area contributed by atoms with E-state index in [0.29, 0.717) is 11.5 Å². The number of carbonyl (C=O) groups is 1. The molecule has 0 aliphatic heterocycles. The Morgan fingerprint density at radius 2 is 1.55 bits per heavy atom. The molecular formula is C29H24F6N2O. The van der Waals surface area contributed by atoms with Crippen LogP contribution in [0.3, 0.4) is 0 Å². The Labute approximate surface area is 215 Å². The molecule has 5 rings (SSSR count). The molecule has 1 aromatic heterocycles. The number of rotatable bonds is 7. The van der Waals surface area contributed by atoms with Gasteiger partial charge in [-0.1, -0.05) is 42.5 Å². The lowest BCUT2D eigenvalue weighted by molar-refractivity contribution is -0.138. The molecule has 3 nitrogen and oxygen atoms in total. The molecule has 38 heavy (non-hydrogen) atoms. The number of hydrogen-bond acceptors (Lipinski definition) is 1. The summed E-state index contributed by atoms with van der Waals surface area (Å²) in [6.07, 6.45) is -5.34. The summed E-state index contributed by atoms with van der Waals surface area (Å²) in [5.41, 5.74) is 0.738. The second-order valence-corrected chi connectivity index (χ2v) is 9.65. The fourth-order valence-corrected chi connectivity index (χ4v) is 4.63. The number of aromatic amines is 1. The van der Waals surface area contributed by atoms with E-state index in [-0.39, 0.29) is 36.0 Å². The van der Waals surface area contributed by atoms with Crippen molar-refractivity contribution in [1.82, 2.24) is 9.88 Å². The van der Waals surface area contributed by atoms with Crippen molar-refractivity contribution in [3.63, 3.8) is 0 Å². The molecule has 1 heterocycles. The molecule has 0 saturated heterocycles. The SMILES string of the molecule is O=C(c1cc(C(F)(F)F)cc2cc[nH]c12)N(CCc1cccc(C(F)(F)F)c1)Cc1ccc(C2CC2)cc1. The molecule has 4 aromatic rings. The summed E-state index contributed by atoms with van der Waals surface area (Å²) in [4.78, 5) is 18.0. The van der Waals surface area contributed by atoms with Crippen LogP contribution in [-0.4, -0.2) is 22.3 Å². The molecule has 0 spiro atoms. The average molecular weight is 531 g/mol. The van der Waals surface area contributed by atoms with Gasteiger partial charge in [-0.15, -0.1) is 0 Å². The maximum atomic E-state index is 13.7. The average Bonchev–Trinajstić information content (AvgIpc) is 3.61. The van der Waals surface area contributed by atoms with E-state index in [9.17, 15) is 31.1 Å². The lowest BCUT2D eigenvalue weighted by Crippen LogP contribution is -2.33. The Hall–Kier alpha value is -3.75. The number of H-pyrrole nitrogens is 1. The number of aromatic nitrogens is 1. The van der Waals surface area contributed by atoms with E-state index in [0.717, 1.165) is 42.7 Å². The molecule has 1 aliphatic carbocycles. The van der Waals surface area contributed by atoms with Gasteiger partial charge < -0.3 is 9.88 Å². The number of amides is 1. The van der Waals surface area contributed by atoms with Crippen LogP contribution < -0.4 is 0 Å². The first-order valence-corrected chi connectivity index (χ1v) is 12.2. The van der Waals surface area contributed by atoms with Crippen LogP contribution in [0.15, 0.2) is 72.9 Å². The van der Waals surface area contributed by atoms with Gasteiger partial charge in [-0.25, -0.2) is 0 Å². The van der Waals surface area contributed by atoms with E-state index >= 15 is 0 Å². The minimum atomic E-state index is -4.65. The van der Waals surface area contributed by atoms with Gasteiger partial charge in [0.15, 0.2) is 0 Å². The van der Waals surface area contributed by atoms with Crippen molar-refractivity contribution in [1.29, 1.82) is 0 Å². The second kappa shape index (κ2) is 9.85. The molecule has 1 N–H and O–H groups in total. The van der Waals surface area contributed by atoms with Gasteiger partial charge >= 0.3 is 12.4 Å². The highest BCUT2D eigenvalue weighted by atomic mass is 19.4. The van der Waals surface area contributed by atoms with Crippen LogP contribution in [0.4, 0.5) is 26.3 Å². The van der Waals surface area contributed by atoms with Gasteiger partial charge in [0.2, 0.25) is 0 Å². The summed E-state index contributed by atoms with van der Waals surface area (Å²) in [5.74, 6) is -0.101. The smallest absolute Gasteiger partial charge is 0.361 e. The van der Waals surface area contributed by atoms with Crippen molar-refractivity contribution in [2.45, 2.75) is 44.1 Å². The maximum Gasteiger partial charge on any atom is 0.416 e. The van der Waals surface area contributed by atoms with Crippen molar-refractivity contribution in [3.05, 3.63) is 106 Å². The largest absolute Gasteiger partial charge is 0.416 e. The maximum absolute atomic E-state index is 13.7. The zero-order valence-corrected chi connectivity index (χ0v) is 20.2. The van der Waals surface area contributed by atoms with Crippen LogP contribution in [0, 0.1) is 0 Å². The van der Waals surface area contributed by atoms with Gasteiger partial charge in [0.25, 0.3) is 5.91 Å². The highest BCUT2D eigenvalue weighted by Crippen LogP contribution is 2.40. The summed E-state index contributed by atoms with van der Waals surface area (Å²) in [7, 11) is 0. The predicted octanol–water partition coefficient (Wildman–Crippen LogP) is 7.97. The van der Waals surface area contributed by atoms with Crippen molar-refractivity contribution in [2.75, 3.05) is 6.54 Å². The lowest BCUT2D eigenvalue weighted by Gasteiger charge is -2.24. The molecule has 198 valence electrons. The Bertz CT molecular complexity index is 1450. The third kappa shape index (κ3) is 5.71. The molecule has 1 fully saturated rings. The van der Waals surface area contributed by atoms with Crippen LogP contribution in [-0.2, 0) is 25.3 Å². The minimum Gasteiger partial charge on any atom is -0.361 e. The topological polar surface area (TPSA) is 36.1 Å². The zero-order valence-electron chi connectivity index (χ0n) is 20.2. The summed E-state index contributed by atoms with van der Waals surface area (Å²) in [6, 6.07) is 15.8. The van der Waals surface area contributed by atoms with E-state index in [1.54, 1.807) is 0 Å². The normalized spacial score (nSPS) is 14.2. The highest BCUT2D eigenvalue weighted by Gasteiger charge is 2.33. The fourth-order valence-electron chi connectivity index (χ4n) is 4.63. The molecule has 1 aliphatic rings. The van der Waals surface area contributed by atoms with Gasteiger partial charge in [0.05, 0.1) is 22.2 Å². The predicted molar refractivity (Wildman–Crippen MR) is 132 cm³/mol. The highest BCUT2D eigenvalue weighted by molar-refractivity contribution is 6.06. The van der Waals surface area contributed by atoms with Gasteiger partial charge in [-0.3, -0.25) is 4.79 Å². The van der Waals surface area contributed by atoms with Gasteiger partial charge in [0, 0.05) is 24.7 Å². The number of hydrogen-bond donors (Lipinski definition) is 1. The molecule has 3 aromatic carbocycles. The first-order chi connectivity index (χ1) is 18.0. The molecule has 0 unspecified atom stereocenters. The van der Waals surface area contributed by atoms with E-state index < -0.39 is 29.4 Å². The first-order valence-electron chi connectivity index (χ1n) is 12.2. The Balaban J connectivity index is 1.47. The second-order valence-electron chi connectivity index (χ2n) is 9.65. The van der Waals surface area contributed by atoms with E-state index in [1.165, 1.54) is 34.9 Å². The number of carbonyl (C=O) groups excluding carboxylic acids is 1. The van der Waals surface area contributed by atoms with Crippen molar-refractivity contribution in [3.8, 4) is 0 Å². The van der Waals surface area contributed by atoms with E-state index in [2.05, 4.69) is 4.98 Å². The van der Waals surface area contributed by atoms with Gasteiger partial charge in [0.1, 0.15) is 0 Å². The number of benzene rings is 3. The number of alkyl halides is 6. The summed E-state index contributed by atoms with van der Waals surface area (Å²) in [5, 5.41) is 0.245. The quantitative estimate of drug-likeness (QED) is 0.242. The first kappa shape index (κ1) is 25.9. The van der Waals surface area contributed by atoms with Gasteiger partial charge in [-0.2, -0.15) is 26.3 Å². The van der Waals surface area contributed by atoms with Gasteiger partial charge in [-0.05, 0) is 66.1 Å². The minimum absolute atomic E-state index is 0.0168. The van der Waals surface area contributed by atoms with Crippen molar-refractivity contribution in [2.24, 2.45) is 0 Å².